The van der Waals surface area contributed by atoms with Crippen LogP contribution < -0.4 is 27.0 Å². The monoisotopic (exact) mass is 477 g/mol. The molecular formula is C22H31N5O7. The number of aliphatic carboxylic acids is 1. The summed E-state index contributed by atoms with van der Waals surface area (Å²) in [5, 5.41) is 29.0. The second kappa shape index (κ2) is 12.7. The fraction of sp³-hybridized carbons (Fsp3) is 0.500. The predicted octanol–water partition coefficient (Wildman–Crippen LogP) is -2.22. The van der Waals surface area contributed by atoms with Crippen molar-refractivity contribution in [2.24, 2.45) is 5.73 Å². The van der Waals surface area contributed by atoms with E-state index in [1.807, 2.05) is 0 Å². The summed E-state index contributed by atoms with van der Waals surface area (Å²) in [6.45, 7) is 1.85. The number of nitrogens with two attached hydrogens (primary N) is 1. The molecule has 1 aliphatic rings. The maximum atomic E-state index is 13.1. The van der Waals surface area contributed by atoms with Crippen molar-refractivity contribution in [1.29, 1.82) is 0 Å². The summed E-state index contributed by atoms with van der Waals surface area (Å²) >= 11 is 0. The van der Waals surface area contributed by atoms with Crippen molar-refractivity contribution in [3.05, 3.63) is 35.9 Å². The van der Waals surface area contributed by atoms with Crippen molar-refractivity contribution in [2.75, 3.05) is 6.54 Å². The summed E-state index contributed by atoms with van der Waals surface area (Å²) in [5.74, 6) is -4.54. The van der Waals surface area contributed by atoms with E-state index in [2.05, 4.69) is 21.3 Å². The number of carbonyl (C=O) groups is 5. The smallest absolute Gasteiger partial charge is 0.328 e. The Hall–Kier alpha value is -3.51. The van der Waals surface area contributed by atoms with Crippen molar-refractivity contribution >= 4 is 29.6 Å². The Morgan fingerprint density at radius 3 is 2.24 bits per heavy atom. The highest BCUT2D eigenvalue weighted by Gasteiger charge is 2.33. The molecule has 2 rings (SSSR count). The minimum atomic E-state index is -1.66. The number of carboxylic acids is 1. The Morgan fingerprint density at radius 2 is 1.71 bits per heavy atom. The van der Waals surface area contributed by atoms with Crippen LogP contribution in [0.15, 0.2) is 30.3 Å². The minimum absolute atomic E-state index is 0.113. The normalized spacial score (nSPS) is 18.7. The van der Waals surface area contributed by atoms with Gasteiger partial charge in [0, 0.05) is 6.42 Å². The molecule has 8 N–H and O–H groups in total. The molecule has 0 radical (unpaired) electrons. The molecular weight excluding hydrogens is 446 g/mol. The molecule has 12 nitrogen and oxygen atoms in total. The molecule has 1 saturated heterocycles. The van der Waals surface area contributed by atoms with E-state index in [0.717, 1.165) is 12.0 Å². The fourth-order valence-electron chi connectivity index (χ4n) is 3.57. The summed E-state index contributed by atoms with van der Waals surface area (Å²) in [4.78, 5) is 61.2. The van der Waals surface area contributed by atoms with Crippen LogP contribution in [0.5, 0.6) is 0 Å². The Kier molecular flexibility index (Phi) is 9.95. The molecule has 0 saturated carbocycles. The lowest BCUT2D eigenvalue weighted by Gasteiger charge is -2.25. The zero-order chi connectivity index (χ0) is 25.3. The molecule has 1 aromatic rings. The van der Waals surface area contributed by atoms with Crippen LogP contribution in [0, 0.1) is 0 Å². The molecule has 4 amide bonds. The van der Waals surface area contributed by atoms with Crippen molar-refractivity contribution in [2.45, 2.75) is 62.9 Å². The molecule has 5 atom stereocenters. The molecule has 1 aromatic carbocycles. The molecule has 1 fully saturated rings. The van der Waals surface area contributed by atoms with Gasteiger partial charge in [0.2, 0.25) is 23.6 Å². The summed E-state index contributed by atoms with van der Waals surface area (Å²) in [7, 11) is 0. The largest absolute Gasteiger partial charge is 0.480 e. The average molecular weight is 478 g/mol. The number of carboxylic acid groups (broad SMARTS) is 1. The fourth-order valence-corrected chi connectivity index (χ4v) is 3.57. The minimum Gasteiger partial charge on any atom is -0.480 e. The molecule has 1 heterocycles. The number of carbonyl (C=O) groups excluding carboxylic acids is 4. The van der Waals surface area contributed by atoms with E-state index in [1.165, 1.54) is 6.92 Å². The third-order valence-corrected chi connectivity index (χ3v) is 5.38. The molecule has 5 unspecified atom stereocenters. The summed E-state index contributed by atoms with van der Waals surface area (Å²) in [6, 6.07) is 4.20. The second-order valence-corrected chi connectivity index (χ2v) is 8.20. The zero-order valence-electron chi connectivity index (χ0n) is 18.8. The number of hydrogen-bond donors (Lipinski definition) is 7. The van der Waals surface area contributed by atoms with Gasteiger partial charge in [-0.1, -0.05) is 30.3 Å². The van der Waals surface area contributed by atoms with Crippen molar-refractivity contribution < 1.29 is 34.2 Å². The standard InChI is InChI=1S/C22H31N5O7/c1-12(28)18(22(33)34)27-21(32)16(11-17(23)29)26-20(31)15(10-13-6-3-2-4-7-13)25-19(30)14-8-5-9-24-14/h2-4,6-7,12,14-16,18,24,28H,5,8-11H2,1H3,(H2,23,29)(H,25,30)(H,26,31)(H,27,32)(H,33,34). The third kappa shape index (κ3) is 8.12. The van der Waals surface area contributed by atoms with Crippen molar-refractivity contribution in [3.63, 3.8) is 0 Å². The lowest BCUT2D eigenvalue weighted by molar-refractivity contribution is -0.145. The number of amides is 4. The van der Waals surface area contributed by atoms with Crippen LogP contribution in [0.3, 0.4) is 0 Å². The SMILES string of the molecule is CC(O)C(NC(=O)C(CC(N)=O)NC(=O)C(Cc1ccccc1)NC(=O)C1CCCN1)C(=O)O. The highest BCUT2D eigenvalue weighted by Crippen LogP contribution is 2.09. The maximum Gasteiger partial charge on any atom is 0.328 e. The van der Waals surface area contributed by atoms with Gasteiger partial charge in [0.1, 0.15) is 12.1 Å². The average Bonchev–Trinajstić information content (AvgIpc) is 3.31. The van der Waals surface area contributed by atoms with Gasteiger partial charge in [0.15, 0.2) is 6.04 Å². The lowest BCUT2D eigenvalue weighted by Crippen LogP contribution is -2.59. The van der Waals surface area contributed by atoms with Crippen LogP contribution >= 0.6 is 0 Å². The van der Waals surface area contributed by atoms with Gasteiger partial charge in [-0.25, -0.2) is 4.79 Å². The van der Waals surface area contributed by atoms with Crippen molar-refractivity contribution in [1.82, 2.24) is 21.3 Å². The summed E-state index contributed by atoms with van der Waals surface area (Å²) in [5.41, 5.74) is 5.95. The molecule has 0 aliphatic carbocycles. The van der Waals surface area contributed by atoms with E-state index in [4.69, 9.17) is 5.73 Å². The Balaban J connectivity index is 2.19. The van der Waals surface area contributed by atoms with Gasteiger partial charge in [-0.15, -0.1) is 0 Å². The first-order chi connectivity index (χ1) is 16.1. The Bertz CT molecular complexity index is 887. The predicted molar refractivity (Wildman–Crippen MR) is 120 cm³/mol. The molecule has 1 aliphatic heterocycles. The van der Waals surface area contributed by atoms with Gasteiger partial charge in [-0.2, -0.15) is 0 Å². The van der Waals surface area contributed by atoms with Crippen LogP contribution in [0.1, 0.15) is 31.7 Å². The first kappa shape index (κ1) is 26.7. The van der Waals surface area contributed by atoms with E-state index in [9.17, 15) is 34.2 Å². The van der Waals surface area contributed by atoms with E-state index < -0.39 is 60.4 Å². The van der Waals surface area contributed by atoms with Gasteiger partial charge < -0.3 is 37.2 Å². The van der Waals surface area contributed by atoms with E-state index in [1.54, 1.807) is 30.3 Å². The number of hydrogen-bond acceptors (Lipinski definition) is 7. The lowest BCUT2D eigenvalue weighted by atomic mass is 10.0. The van der Waals surface area contributed by atoms with Crippen molar-refractivity contribution in [3.8, 4) is 0 Å². The van der Waals surface area contributed by atoms with Crippen LogP contribution in [0.4, 0.5) is 0 Å². The van der Waals surface area contributed by atoms with Crippen LogP contribution in [0.25, 0.3) is 0 Å². The molecule has 12 heteroatoms. The van der Waals surface area contributed by atoms with E-state index in [0.29, 0.717) is 13.0 Å². The zero-order valence-corrected chi connectivity index (χ0v) is 18.8. The summed E-state index contributed by atoms with van der Waals surface area (Å²) < 4.78 is 0. The van der Waals surface area contributed by atoms with Crippen LogP contribution in [-0.2, 0) is 30.4 Å². The van der Waals surface area contributed by atoms with Gasteiger partial charge in [0.05, 0.1) is 18.6 Å². The first-order valence-electron chi connectivity index (χ1n) is 11.0. The third-order valence-electron chi connectivity index (χ3n) is 5.38. The van der Waals surface area contributed by atoms with Gasteiger partial charge in [-0.05, 0) is 31.9 Å². The second-order valence-electron chi connectivity index (χ2n) is 8.20. The highest BCUT2D eigenvalue weighted by molar-refractivity contribution is 5.96. The topological polar surface area (TPSA) is 200 Å². The molecule has 34 heavy (non-hydrogen) atoms. The quantitative estimate of drug-likeness (QED) is 0.175. The summed E-state index contributed by atoms with van der Waals surface area (Å²) in [6.07, 6.45) is -0.492. The maximum absolute atomic E-state index is 13.1. The molecule has 0 aromatic heterocycles. The Labute approximate surface area is 196 Å². The highest BCUT2D eigenvalue weighted by atomic mass is 16.4. The molecule has 0 spiro atoms. The molecule has 186 valence electrons. The number of aliphatic hydroxyl groups excluding tert-OH is 1. The van der Waals surface area contributed by atoms with Gasteiger partial charge >= 0.3 is 5.97 Å². The van der Waals surface area contributed by atoms with E-state index in [-0.39, 0.29) is 12.3 Å². The number of aliphatic hydroxyl groups is 1. The van der Waals surface area contributed by atoms with Crippen LogP contribution in [-0.4, -0.2) is 76.6 Å². The van der Waals surface area contributed by atoms with Crippen LogP contribution in [0.2, 0.25) is 0 Å². The van der Waals surface area contributed by atoms with Gasteiger partial charge in [0.25, 0.3) is 0 Å². The number of benzene rings is 1. The van der Waals surface area contributed by atoms with Gasteiger partial charge in [-0.3, -0.25) is 19.2 Å². The number of rotatable bonds is 12. The Morgan fingerprint density at radius 1 is 1.06 bits per heavy atom. The van der Waals surface area contributed by atoms with E-state index >= 15 is 0 Å². The number of nitrogens with one attached hydrogen (secondary N) is 4. The first-order valence-corrected chi connectivity index (χ1v) is 11.0. The number of primary amides is 1. The molecule has 0 bridgehead atoms.